The van der Waals surface area contributed by atoms with Gasteiger partial charge in [0.05, 0.1) is 37.7 Å². The molecule has 130 valence electrons. The molecule has 0 aliphatic heterocycles. The number of thiophene rings is 1. The van der Waals surface area contributed by atoms with E-state index in [1.165, 1.54) is 12.0 Å². The lowest BCUT2D eigenvalue weighted by Gasteiger charge is -2.10. The van der Waals surface area contributed by atoms with Gasteiger partial charge in [-0.25, -0.2) is 9.78 Å². The van der Waals surface area contributed by atoms with Crippen LogP contribution in [0.5, 0.6) is 0 Å². The number of thioether (sulfide) groups is 1. The number of aromatic nitrogens is 2. The molecule has 0 bridgehead atoms. The van der Waals surface area contributed by atoms with Gasteiger partial charge in [-0.1, -0.05) is 30.0 Å². The van der Waals surface area contributed by atoms with Crippen molar-refractivity contribution >= 4 is 29.1 Å². The van der Waals surface area contributed by atoms with Crippen LogP contribution in [0.1, 0.15) is 26.5 Å². The molecule has 0 atom stereocenters. The molecule has 0 aliphatic carbocycles. The number of esters is 1. The highest BCUT2D eigenvalue weighted by Crippen LogP contribution is 2.25. The van der Waals surface area contributed by atoms with Crippen LogP contribution in [0.4, 0.5) is 0 Å². The Labute approximate surface area is 154 Å². The molecule has 5 nitrogen and oxygen atoms in total. The summed E-state index contributed by atoms with van der Waals surface area (Å²) in [5, 5.41) is 12.4. The van der Waals surface area contributed by atoms with Crippen LogP contribution in [0.15, 0.2) is 53.1 Å². The zero-order valence-electron chi connectivity index (χ0n) is 13.7. The summed E-state index contributed by atoms with van der Waals surface area (Å²) in [6, 6.07) is 11.5. The number of carbonyl (C=O) groups excluding carboxylic acids is 1. The Morgan fingerprint density at radius 1 is 1.36 bits per heavy atom. The second kappa shape index (κ2) is 8.33. The van der Waals surface area contributed by atoms with E-state index < -0.39 is 0 Å². The van der Waals surface area contributed by atoms with Gasteiger partial charge in [0.1, 0.15) is 0 Å². The zero-order chi connectivity index (χ0) is 17.6. The van der Waals surface area contributed by atoms with Gasteiger partial charge in [0.25, 0.3) is 0 Å². The topological polar surface area (TPSA) is 64.3 Å². The van der Waals surface area contributed by atoms with Gasteiger partial charge in [0.15, 0.2) is 5.16 Å². The first-order valence-electron chi connectivity index (χ1n) is 7.69. The number of hydrogen-bond donors (Lipinski definition) is 1. The molecule has 0 amide bonds. The summed E-state index contributed by atoms with van der Waals surface area (Å²) in [4.78, 5) is 17.3. The molecule has 25 heavy (non-hydrogen) atoms. The van der Waals surface area contributed by atoms with Crippen LogP contribution in [0.2, 0.25) is 0 Å². The van der Waals surface area contributed by atoms with Gasteiger partial charge in [-0.2, -0.15) is 0 Å². The molecule has 0 radical (unpaired) electrons. The summed E-state index contributed by atoms with van der Waals surface area (Å²) < 4.78 is 6.79. The Bertz CT molecular complexity index is 844. The van der Waals surface area contributed by atoms with Crippen molar-refractivity contribution in [3.8, 4) is 0 Å². The second-order valence-corrected chi connectivity index (χ2v) is 7.31. The van der Waals surface area contributed by atoms with Crippen molar-refractivity contribution in [2.24, 2.45) is 0 Å². The second-order valence-electron chi connectivity index (χ2n) is 5.34. The fourth-order valence-electron chi connectivity index (χ4n) is 2.41. The van der Waals surface area contributed by atoms with Crippen LogP contribution in [0, 0.1) is 0 Å². The van der Waals surface area contributed by atoms with E-state index >= 15 is 0 Å². The van der Waals surface area contributed by atoms with Crippen LogP contribution in [-0.2, 0) is 23.6 Å². The molecule has 2 aromatic heterocycles. The molecule has 0 aliphatic rings. The van der Waals surface area contributed by atoms with Gasteiger partial charge >= 0.3 is 5.97 Å². The number of methoxy groups -OCH3 is 1. The highest BCUT2D eigenvalue weighted by atomic mass is 32.2. The van der Waals surface area contributed by atoms with E-state index in [9.17, 15) is 9.90 Å². The molecule has 0 spiro atoms. The lowest BCUT2D eigenvalue weighted by Crippen LogP contribution is -2.05. The maximum absolute atomic E-state index is 11.6. The number of ether oxygens (including phenoxy) is 1. The predicted molar refractivity (Wildman–Crippen MR) is 98.9 cm³/mol. The lowest BCUT2D eigenvalue weighted by atomic mass is 10.1. The van der Waals surface area contributed by atoms with Gasteiger partial charge in [-0.15, -0.1) is 11.3 Å². The molecule has 3 aromatic rings. The SMILES string of the molecule is COC(=O)c1cccc(CSc2ncc(CO)n2Cc2cccs2)c1. The van der Waals surface area contributed by atoms with E-state index in [2.05, 4.69) is 11.1 Å². The Kier molecular flexibility index (Phi) is 5.91. The fourth-order valence-corrected chi connectivity index (χ4v) is 4.05. The van der Waals surface area contributed by atoms with Crippen molar-refractivity contribution in [1.82, 2.24) is 9.55 Å². The van der Waals surface area contributed by atoms with E-state index in [0.29, 0.717) is 17.9 Å². The van der Waals surface area contributed by atoms with Crippen LogP contribution in [0.25, 0.3) is 0 Å². The fraction of sp³-hybridized carbons (Fsp3) is 0.222. The first kappa shape index (κ1) is 17.7. The molecule has 0 saturated heterocycles. The summed E-state index contributed by atoms with van der Waals surface area (Å²) in [6.07, 6.45) is 1.71. The average molecular weight is 374 g/mol. The standard InChI is InChI=1S/C18H18N2O3S2/c1-23-17(22)14-5-2-4-13(8-14)12-25-18-19-9-15(11-21)20(18)10-16-6-3-7-24-16/h2-9,21H,10-12H2,1H3. The van der Waals surface area contributed by atoms with Crippen LogP contribution < -0.4 is 0 Å². The largest absolute Gasteiger partial charge is 0.465 e. The van der Waals surface area contributed by atoms with Gasteiger partial charge in [0.2, 0.25) is 0 Å². The normalized spacial score (nSPS) is 10.8. The van der Waals surface area contributed by atoms with E-state index in [-0.39, 0.29) is 12.6 Å². The summed E-state index contributed by atoms with van der Waals surface area (Å²) in [5.41, 5.74) is 2.35. The van der Waals surface area contributed by atoms with Crippen molar-refractivity contribution in [2.75, 3.05) is 7.11 Å². The zero-order valence-corrected chi connectivity index (χ0v) is 15.3. The van der Waals surface area contributed by atoms with E-state index in [4.69, 9.17) is 4.74 Å². The molecule has 7 heteroatoms. The van der Waals surface area contributed by atoms with Crippen molar-refractivity contribution in [1.29, 1.82) is 0 Å². The predicted octanol–water partition coefficient (Wildman–Crippen LogP) is 3.56. The van der Waals surface area contributed by atoms with Gasteiger partial charge in [-0.3, -0.25) is 0 Å². The molecule has 0 saturated carbocycles. The Balaban J connectivity index is 1.75. The van der Waals surface area contributed by atoms with Crippen molar-refractivity contribution in [3.05, 3.63) is 69.7 Å². The van der Waals surface area contributed by atoms with Gasteiger partial charge < -0.3 is 14.4 Å². The lowest BCUT2D eigenvalue weighted by molar-refractivity contribution is 0.0600. The highest BCUT2D eigenvalue weighted by Gasteiger charge is 2.12. The van der Waals surface area contributed by atoms with Crippen molar-refractivity contribution < 1.29 is 14.6 Å². The summed E-state index contributed by atoms with van der Waals surface area (Å²) in [5.74, 6) is 0.338. The first-order valence-corrected chi connectivity index (χ1v) is 9.55. The molecular formula is C18H18N2O3S2. The average Bonchev–Trinajstić information content (AvgIpc) is 3.29. The number of hydrogen-bond acceptors (Lipinski definition) is 6. The summed E-state index contributed by atoms with van der Waals surface area (Å²) >= 11 is 3.26. The van der Waals surface area contributed by atoms with Crippen LogP contribution in [0.3, 0.4) is 0 Å². The van der Waals surface area contributed by atoms with E-state index in [1.807, 2.05) is 34.2 Å². The third kappa shape index (κ3) is 4.31. The number of carbonyl (C=O) groups is 1. The minimum absolute atomic E-state index is 0.0449. The molecular weight excluding hydrogens is 356 g/mol. The quantitative estimate of drug-likeness (QED) is 0.506. The van der Waals surface area contributed by atoms with Crippen molar-refractivity contribution in [2.45, 2.75) is 24.1 Å². The molecule has 2 heterocycles. The third-order valence-corrected chi connectivity index (χ3v) is 5.60. The number of aliphatic hydroxyl groups is 1. The highest BCUT2D eigenvalue weighted by molar-refractivity contribution is 7.98. The minimum Gasteiger partial charge on any atom is -0.465 e. The Morgan fingerprint density at radius 3 is 2.96 bits per heavy atom. The number of aliphatic hydroxyl groups excluding tert-OH is 1. The van der Waals surface area contributed by atoms with E-state index in [0.717, 1.165) is 16.4 Å². The maximum atomic E-state index is 11.6. The smallest absolute Gasteiger partial charge is 0.337 e. The van der Waals surface area contributed by atoms with Crippen LogP contribution in [-0.4, -0.2) is 27.7 Å². The van der Waals surface area contributed by atoms with Gasteiger partial charge in [0, 0.05) is 10.6 Å². The van der Waals surface area contributed by atoms with Gasteiger partial charge in [-0.05, 0) is 29.1 Å². The first-order chi connectivity index (χ1) is 12.2. The molecule has 0 unspecified atom stereocenters. The monoisotopic (exact) mass is 374 g/mol. The Hall–Kier alpha value is -2.09. The summed E-state index contributed by atoms with van der Waals surface area (Å²) in [7, 11) is 1.38. The van der Waals surface area contributed by atoms with Crippen molar-refractivity contribution in [3.63, 3.8) is 0 Å². The summed E-state index contributed by atoms with van der Waals surface area (Å²) in [6.45, 7) is 0.648. The Morgan fingerprint density at radius 2 is 2.24 bits per heavy atom. The molecule has 1 aromatic carbocycles. The number of benzene rings is 1. The van der Waals surface area contributed by atoms with E-state index in [1.54, 1.807) is 35.4 Å². The third-order valence-electron chi connectivity index (χ3n) is 3.67. The molecule has 1 N–H and O–H groups in total. The number of imidazole rings is 1. The maximum Gasteiger partial charge on any atom is 0.337 e. The number of rotatable bonds is 7. The number of nitrogens with zero attached hydrogens (tertiary/aromatic N) is 2. The van der Waals surface area contributed by atoms with Crippen LogP contribution >= 0.6 is 23.1 Å². The minimum atomic E-state index is -0.339. The molecule has 0 fully saturated rings. The molecule has 3 rings (SSSR count).